The largest absolute Gasteiger partial charge is 0.328 e. The van der Waals surface area contributed by atoms with Crippen LogP contribution in [0.5, 0.6) is 0 Å². The Morgan fingerprint density at radius 1 is 1.54 bits per heavy atom. The number of alkyl halides is 2. The number of H-pyrrole nitrogens is 1. The van der Waals surface area contributed by atoms with Gasteiger partial charge >= 0.3 is 0 Å². The Hall–Kier alpha value is -1.52. The molecule has 0 amide bonds. The van der Waals surface area contributed by atoms with Crippen LogP contribution in [0.1, 0.15) is 27.9 Å². The SMILES string of the molecule is Cc1c(C(F)F)c(C=O)c[nH]c1=O. The maximum atomic E-state index is 12.3. The Morgan fingerprint density at radius 2 is 2.15 bits per heavy atom. The second kappa shape index (κ2) is 3.47. The first kappa shape index (κ1) is 9.57. The monoisotopic (exact) mass is 187 g/mol. The Morgan fingerprint density at radius 3 is 2.62 bits per heavy atom. The standard InChI is InChI=1S/C8H7F2NO2/c1-4-6(7(9)10)5(3-12)2-11-8(4)13/h2-3,7H,1H3,(H,11,13). The summed E-state index contributed by atoms with van der Waals surface area (Å²) in [5.41, 5.74) is -1.37. The molecule has 0 aromatic carbocycles. The number of carbonyl (C=O) groups excluding carboxylic acids is 1. The van der Waals surface area contributed by atoms with Crippen molar-refractivity contribution in [1.29, 1.82) is 0 Å². The maximum Gasteiger partial charge on any atom is 0.265 e. The van der Waals surface area contributed by atoms with Crippen molar-refractivity contribution in [3.05, 3.63) is 33.2 Å². The lowest BCUT2D eigenvalue weighted by atomic mass is 10.1. The lowest BCUT2D eigenvalue weighted by molar-refractivity contribution is 0.110. The summed E-state index contributed by atoms with van der Waals surface area (Å²) in [7, 11) is 0. The number of aromatic amines is 1. The fraction of sp³-hybridized carbons (Fsp3) is 0.250. The topological polar surface area (TPSA) is 49.9 Å². The van der Waals surface area contributed by atoms with Crippen molar-refractivity contribution in [2.24, 2.45) is 0 Å². The number of hydrogen-bond acceptors (Lipinski definition) is 2. The van der Waals surface area contributed by atoms with Crippen LogP contribution in [0, 0.1) is 6.92 Å². The van der Waals surface area contributed by atoms with Gasteiger partial charge in [-0.05, 0) is 6.92 Å². The predicted molar refractivity (Wildman–Crippen MR) is 42.1 cm³/mol. The smallest absolute Gasteiger partial charge is 0.265 e. The normalized spacial score (nSPS) is 10.5. The molecule has 1 aromatic heterocycles. The Kier molecular flexibility index (Phi) is 2.55. The van der Waals surface area contributed by atoms with Crippen LogP contribution in [-0.2, 0) is 0 Å². The van der Waals surface area contributed by atoms with Crippen molar-refractivity contribution in [2.45, 2.75) is 13.3 Å². The fourth-order valence-corrected chi connectivity index (χ4v) is 1.06. The molecule has 0 atom stereocenters. The highest BCUT2D eigenvalue weighted by molar-refractivity contribution is 5.77. The van der Waals surface area contributed by atoms with E-state index in [4.69, 9.17) is 0 Å². The third-order valence-corrected chi connectivity index (χ3v) is 1.76. The summed E-state index contributed by atoms with van der Waals surface area (Å²) in [5, 5.41) is 0. The molecule has 0 fully saturated rings. The van der Waals surface area contributed by atoms with Gasteiger partial charge in [0.25, 0.3) is 12.0 Å². The average Bonchev–Trinajstić information content (AvgIpc) is 2.08. The highest BCUT2D eigenvalue weighted by Crippen LogP contribution is 2.22. The molecule has 1 heterocycles. The molecule has 1 aromatic rings. The molecular formula is C8H7F2NO2. The van der Waals surface area contributed by atoms with Crippen molar-refractivity contribution in [2.75, 3.05) is 0 Å². The molecule has 0 aliphatic rings. The van der Waals surface area contributed by atoms with E-state index >= 15 is 0 Å². The second-order valence-corrected chi connectivity index (χ2v) is 2.53. The van der Waals surface area contributed by atoms with E-state index in [9.17, 15) is 18.4 Å². The van der Waals surface area contributed by atoms with Gasteiger partial charge < -0.3 is 4.98 Å². The van der Waals surface area contributed by atoms with Gasteiger partial charge in [0.1, 0.15) is 0 Å². The van der Waals surface area contributed by atoms with Crippen molar-refractivity contribution < 1.29 is 13.6 Å². The van der Waals surface area contributed by atoms with E-state index in [0.717, 1.165) is 6.20 Å². The zero-order chi connectivity index (χ0) is 10.0. The number of nitrogens with one attached hydrogen (secondary N) is 1. The summed E-state index contributed by atoms with van der Waals surface area (Å²) in [4.78, 5) is 23.4. The predicted octanol–water partition coefficient (Wildman–Crippen LogP) is 1.43. The van der Waals surface area contributed by atoms with E-state index in [1.807, 2.05) is 0 Å². The molecule has 0 bridgehead atoms. The number of aldehydes is 1. The molecule has 70 valence electrons. The number of rotatable bonds is 2. The van der Waals surface area contributed by atoms with Gasteiger partial charge in [-0.15, -0.1) is 0 Å². The zero-order valence-electron chi connectivity index (χ0n) is 6.80. The van der Waals surface area contributed by atoms with Gasteiger partial charge in [-0.25, -0.2) is 8.78 Å². The zero-order valence-corrected chi connectivity index (χ0v) is 6.80. The second-order valence-electron chi connectivity index (χ2n) is 2.53. The number of hydrogen-bond donors (Lipinski definition) is 1. The van der Waals surface area contributed by atoms with Crippen LogP contribution < -0.4 is 5.56 Å². The molecule has 0 unspecified atom stereocenters. The summed E-state index contributed by atoms with van der Waals surface area (Å²) in [6.07, 6.45) is -1.52. The Bertz CT molecular complexity index is 384. The van der Waals surface area contributed by atoms with Crippen LogP contribution in [-0.4, -0.2) is 11.3 Å². The third kappa shape index (κ3) is 1.63. The third-order valence-electron chi connectivity index (χ3n) is 1.76. The molecule has 5 heteroatoms. The van der Waals surface area contributed by atoms with Gasteiger partial charge in [0.05, 0.1) is 0 Å². The Balaban J connectivity index is 3.50. The van der Waals surface area contributed by atoms with Crippen LogP contribution in [0.2, 0.25) is 0 Å². The van der Waals surface area contributed by atoms with E-state index in [1.54, 1.807) is 0 Å². The minimum atomic E-state index is -2.80. The molecule has 0 spiro atoms. The van der Waals surface area contributed by atoms with Crippen LogP contribution in [0.4, 0.5) is 8.78 Å². The molecule has 0 aliphatic carbocycles. The summed E-state index contributed by atoms with van der Waals surface area (Å²) in [6.45, 7) is 1.26. The first-order valence-electron chi connectivity index (χ1n) is 3.53. The van der Waals surface area contributed by atoms with Crippen LogP contribution >= 0.6 is 0 Å². The van der Waals surface area contributed by atoms with Crippen molar-refractivity contribution in [3.63, 3.8) is 0 Å². The van der Waals surface area contributed by atoms with Crippen LogP contribution in [0.3, 0.4) is 0 Å². The van der Waals surface area contributed by atoms with E-state index in [2.05, 4.69) is 4.98 Å². The summed E-state index contributed by atoms with van der Waals surface area (Å²) in [6, 6.07) is 0. The fourth-order valence-electron chi connectivity index (χ4n) is 1.06. The van der Waals surface area contributed by atoms with Gasteiger partial charge in [0.2, 0.25) is 0 Å². The lowest BCUT2D eigenvalue weighted by Crippen LogP contribution is -2.14. The average molecular weight is 187 g/mol. The summed E-state index contributed by atoms with van der Waals surface area (Å²) in [5.74, 6) is 0. The Labute approximate surface area is 72.4 Å². The molecule has 0 saturated heterocycles. The number of halogens is 2. The molecule has 13 heavy (non-hydrogen) atoms. The van der Waals surface area contributed by atoms with Gasteiger partial charge in [0, 0.05) is 22.9 Å². The number of aromatic nitrogens is 1. The van der Waals surface area contributed by atoms with Crippen molar-refractivity contribution in [1.82, 2.24) is 4.98 Å². The van der Waals surface area contributed by atoms with Gasteiger partial charge in [-0.3, -0.25) is 9.59 Å². The van der Waals surface area contributed by atoms with E-state index in [1.165, 1.54) is 6.92 Å². The van der Waals surface area contributed by atoms with E-state index in [-0.39, 0.29) is 11.1 Å². The summed E-state index contributed by atoms with van der Waals surface area (Å²) >= 11 is 0. The molecular weight excluding hydrogens is 180 g/mol. The summed E-state index contributed by atoms with van der Waals surface area (Å²) < 4.78 is 24.7. The molecule has 1 N–H and O–H groups in total. The highest BCUT2D eigenvalue weighted by Gasteiger charge is 2.17. The van der Waals surface area contributed by atoms with Crippen LogP contribution in [0.15, 0.2) is 11.0 Å². The number of carbonyl (C=O) groups is 1. The lowest BCUT2D eigenvalue weighted by Gasteiger charge is -2.05. The maximum absolute atomic E-state index is 12.3. The van der Waals surface area contributed by atoms with Crippen LogP contribution in [0.25, 0.3) is 0 Å². The van der Waals surface area contributed by atoms with Gasteiger partial charge in [0.15, 0.2) is 6.29 Å². The van der Waals surface area contributed by atoms with E-state index < -0.39 is 17.5 Å². The van der Waals surface area contributed by atoms with E-state index in [0.29, 0.717) is 6.29 Å². The quantitative estimate of drug-likeness (QED) is 0.712. The van der Waals surface area contributed by atoms with Crippen molar-refractivity contribution in [3.8, 4) is 0 Å². The van der Waals surface area contributed by atoms with Gasteiger partial charge in [-0.1, -0.05) is 0 Å². The molecule has 0 radical (unpaired) electrons. The molecule has 3 nitrogen and oxygen atoms in total. The minimum absolute atomic E-state index is 0.111. The molecule has 0 aliphatic heterocycles. The number of pyridine rings is 1. The highest BCUT2D eigenvalue weighted by atomic mass is 19.3. The minimum Gasteiger partial charge on any atom is -0.328 e. The molecule has 1 rings (SSSR count). The first-order valence-corrected chi connectivity index (χ1v) is 3.53. The van der Waals surface area contributed by atoms with Gasteiger partial charge in [-0.2, -0.15) is 0 Å². The van der Waals surface area contributed by atoms with Crippen molar-refractivity contribution >= 4 is 6.29 Å². The first-order chi connectivity index (χ1) is 6.07. The molecule has 0 saturated carbocycles.